The predicted octanol–water partition coefficient (Wildman–Crippen LogP) is 0.601. The van der Waals surface area contributed by atoms with Gasteiger partial charge in [0.25, 0.3) is 0 Å². The van der Waals surface area contributed by atoms with Crippen LogP contribution in [0.1, 0.15) is 33.6 Å². The van der Waals surface area contributed by atoms with Crippen LogP contribution in [0.25, 0.3) is 0 Å². The number of carboxylic acids is 1. The molecular formula is C12H22N2O3. The van der Waals surface area contributed by atoms with Crippen LogP contribution in [0.15, 0.2) is 0 Å². The van der Waals surface area contributed by atoms with Crippen LogP contribution in [0, 0.1) is 11.3 Å². The summed E-state index contributed by atoms with van der Waals surface area (Å²) >= 11 is 0. The summed E-state index contributed by atoms with van der Waals surface area (Å²) < 4.78 is 0. The maximum absolute atomic E-state index is 12.2. The molecule has 2 atom stereocenters. The highest BCUT2D eigenvalue weighted by Gasteiger charge is 2.41. The molecule has 0 aliphatic carbocycles. The van der Waals surface area contributed by atoms with E-state index in [1.54, 1.807) is 13.8 Å². The molecule has 98 valence electrons. The maximum Gasteiger partial charge on any atom is 0.326 e. The van der Waals surface area contributed by atoms with Crippen LogP contribution in [-0.4, -0.2) is 36.1 Å². The van der Waals surface area contributed by atoms with Gasteiger partial charge in [0.15, 0.2) is 0 Å². The highest BCUT2D eigenvalue weighted by atomic mass is 16.4. The van der Waals surface area contributed by atoms with E-state index in [1.807, 2.05) is 6.92 Å². The SMILES string of the molecule is CCC1(C(=O)N[C@H](C(=O)O)C(C)C)CCNC1. The number of carbonyl (C=O) groups is 2. The van der Waals surface area contributed by atoms with Gasteiger partial charge in [-0.3, -0.25) is 4.79 Å². The van der Waals surface area contributed by atoms with Crippen molar-refractivity contribution in [1.29, 1.82) is 0 Å². The quantitative estimate of drug-likeness (QED) is 0.659. The molecule has 1 aliphatic heterocycles. The van der Waals surface area contributed by atoms with E-state index < -0.39 is 17.4 Å². The molecule has 1 amide bonds. The fourth-order valence-electron chi connectivity index (χ4n) is 2.21. The Morgan fingerprint density at radius 3 is 2.47 bits per heavy atom. The van der Waals surface area contributed by atoms with Crippen LogP contribution in [0.3, 0.4) is 0 Å². The molecule has 17 heavy (non-hydrogen) atoms. The van der Waals surface area contributed by atoms with Gasteiger partial charge < -0.3 is 15.7 Å². The van der Waals surface area contributed by atoms with Crippen molar-refractivity contribution >= 4 is 11.9 Å². The summed E-state index contributed by atoms with van der Waals surface area (Å²) in [5, 5.41) is 14.9. The monoisotopic (exact) mass is 242 g/mol. The minimum Gasteiger partial charge on any atom is -0.480 e. The van der Waals surface area contributed by atoms with E-state index in [4.69, 9.17) is 5.11 Å². The van der Waals surface area contributed by atoms with E-state index >= 15 is 0 Å². The lowest BCUT2D eigenvalue weighted by atomic mass is 9.83. The third-order valence-corrected chi connectivity index (χ3v) is 3.62. The van der Waals surface area contributed by atoms with Crippen molar-refractivity contribution in [2.24, 2.45) is 11.3 Å². The molecule has 5 nitrogen and oxygen atoms in total. The number of rotatable bonds is 5. The second kappa shape index (κ2) is 5.49. The van der Waals surface area contributed by atoms with E-state index in [2.05, 4.69) is 10.6 Å². The molecule has 0 saturated carbocycles. The van der Waals surface area contributed by atoms with Gasteiger partial charge in [-0.05, 0) is 25.3 Å². The Morgan fingerprint density at radius 1 is 1.47 bits per heavy atom. The number of amides is 1. The molecule has 0 bridgehead atoms. The molecule has 1 unspecified atom stereocenters. The molecule has 0 aromatic carbocycles. The van der Waals surface area contributed by atoms with Gasteiger partial charge in [-0.25, -0.2) is 4.79 Å². The van der Waals surface area contributed by atoms with Crippen molar-refractivity contribution in [3.63, 3.8) is 0 Å². The normalized spacial score (nSPS) is 25.9. The third-order valence-electron chi connectivity index (χ3n) is 3.62. The highest BCUT2D eigenvalue weighted by Crippen LogP contribution is 2.29. The van der Waals surface area contributed by atoms with Gasteiger partial charge >= 0.3 is 5.97 Å². The Morgan fingerprint density at radius 2 is 2.12 bits per heavy atom. The average molecular weight is 242 g/mol. The van der Waals surface area contributed by atoms with E-state index in [0.717, 1.165) is 19.4 Å². The van der Waals surface area contributed by atoms with Crippen LogP contribution in [-0.2, 0) is 9.59 Å². The minimum atomic E-state index is -0.967. The Balaban J connectivity index is 2.72. The summed E-state index contributed by atoms with van der Waals surface area (Å²) in [4.78, 5) is 23.3. The number of aliphatic carboxylic acids is 1. The summed E-state index contributed by atoms with van der Waals surface area (Å²) in [7, 11) is 0. The fourth-order valence-corrected chi connectivity index (χ4v) is 2.21. The molecule has 1 saturated heterocycles. The largest absolute Gasteiger partial charge is 0.480 e. The highest BCUT2D eigenvalue weighted by molar-refractivity contribution is 5.88. The van der Waals surface area contributed by atoms with E-state index in [9.17, 15) is 9.59 Å². The molecule has 0 aromatic heterocycles. The zero-order valence-electron chi connectivity index (χ0n) is 10.7. The van der Waals surface area contributed by atoms with Crippen molar-refractivity contribution in [1.82, 2.24) is 10.6 Å². The molecule has 1 aliphatic rings. The zero-order chi connectivity index (χ0) is 13.1. The molecule has 1 heterocycles. The van der Waals surface area contributed by atoms with Crippen molar-refractivity contribution in [3.8, 4) is 0 Å². The second-order valence-electron chi connectivity index (χ2n) is 5.09. The van der Waals surface area contributed by atoms with Crippen LogP contribution >= 0.6 is 0 Å². The first-order chi connectivity index (χ1) is 7.93. The number of carboxylic acid groups (broad SMARTS) is 1. The predicted molar refractivity (Wildman–Crippen MR) is 64.6 cm³/mol. The van der Waals surface area contributed by atoms with Gasteiger partial charge in [0, 0.05) is 6.54 Å². The lowest BCUT2D eigenvalue weighted by molar-refractivity contribution is -0.145. The molecule has 0 aromatic rings. The molecule has 0 spiro atoms. The molecule has 1 rings (SSSR count). The lowest BCUT2D eigenvalue weighted by Crippen LogP contribution is -2.51. The van der Waals surface area contributed by atoms with E-state index in [0.29, 0.717) is 6.54 Å². The summed E-state index contributed by atoms with van der Waals surface area (Å²) in [5.41, 5.74) is -0.428. The standard InChI is InChI=1S/C12H22N2O3/c1-4-12(5-6-13-7-12)11(17)14-9(8(2)3)10(15)16/h8-9,13H,4-7H2,1-3H3,(H,14,17)(H,15,16)/t9-,12?/m0/s1. The van der Waals surface area contributed by atoms with E-state index in [-0.39, 0.29) is 11.8 Å². The molecule has 3 N–H and O–H groups in total. The summed E-state index contributed by atoms with van der Waals surface area (Å²) in [6, 6.07) is -0.800. The number of carbonyl (C=O) groups excluding carboxylic acids is 1. The van der Waals surface area contributed by atoms with Crippen molar-refractivity contribution in [3.05, 3.63) is 0 Å². The van der Waals surface area contributed by atoms with Gasteiger partial charge in [0.05, 0.1) is 5.41 Å². The Labute approximate surface area is 102 Å². The average Bonchev–Trinajstić information content (AvgIpc) is 2.74. The van der Waals surface area contributed by atoms with Crippen molar-refractivity contribution in [2.45, 2.75) is 39.7 Å². The summed E-state index contributed by atoms with van der Waals surface area (Å²) in [6.07, 6.45) is 1.51. The van der Waals surface area contributed by atoms with Crippen LogP contribution in [0.2, 0.25) is 0 Å². The fraction of sp³-hybridized carbons (Fsp3) is 0.833. The Bertz CT molecular complexity index is 296. The first-order valence-electron chi connectivity index (χ1n) is 6.17. The third kappa shape index (κ3) is 2.97. The van der Waals surface area contributed by atoms with Crippen molar-refractivity contribution < 1.29 is 14.7 Å². The lowest BCUT2D eigenvalue weighted by Gasteiger charge is -2.28. The zero-order valence-corrected chi connectivity index (χ0v) is 10.7. The van der Waals surface area contributed by atoms with Gasteiger partial charge in [0.1, 0.15) is 6.04 Å². The van der Waals surface area contributed by atoms with Gasteiger partial charge in [-0.2, -0.15) is 0 Å². The van der Waals surface area contributed by atoms with Gasteiger partial charge in [0.2, 0.25) is 5.91 Å². The first kappa shape index (κ1) is 14.0. The molecule has 1 fully saturated rings. The molecule has 5 heteroatoms. The Hall–Kier alpha value is -1.10. The second-order valence-corrected chi connectivity index (χ2v) is 5.09. The van der Waals surface area contributed by atoms with Crippen molar-refractivity contribution in [2.75, 3.05) is 13.1 Å². The number of hydrogen-bond donors (Lipinski definition) is 3. The van der Waals surface area contributed by atoms with Crippen LogP contribution in [0.5, 0.6) is 0 Å². The first-order valence-corrected chi connectivity index (χ1v) is 6.17. The molecular weight excluding hydrogens is 220 g/mol. The summed E-state index contributed by atoms with van der Waals surface area (Å²) in [5.74, 6) is -1.21. The smallest absolute Gasteiger partial charge is 0.326 e. The van der Waals surface area contributed by atoms with E-state index in [1.165, 1.54) is 0 Å². The summed E-state index contributed by atoms with van der Waals surface area (Å²) in [6.45, 7) is 7.02. The van der Waals surface area contributed by atoms with Gasteiger partial charge in [-0.15, -0.1) is 0 Å². The number of nitrogens with one attached hydrogen (secondary N) is 2. The minimum absolute atomic E-state index is 0.111. The molecule has 0 radical (unpaired) electrons. The van der Waals surface area contributed by atoms with Crippen LogP contribution in [0.4, 0.5) is 0 Å². The van der Waals surface area contributed by atoms with Gasteiger partial charge in [-0.1, -0.05) is 20.8 Å². The maximum atomic E-state index is 12.2. The topological polar surface area (TPSA) is 78.4 Å². The van der Waals surface area contributed by atoms with Crippen LogP contribution < -0.4 is 10.6 Å². The number of hydrogen-bond acceptors (Lipinski definition) is 3. The Kier molecular flexibility index (Phi) is 4.51.